The third-order valence-electron chi connectivity index (χ3n) is 3.61. The Morgan fingerprint density at radius 2 is 1.50 bits per heavy atom. The molecule has 3 N–H and O–H groups in total. The van der Waals surface area contributed by atoms with E-state index in [2.05, 4.69) is 53.8 Å². The predicted molar refractivity (Wildman–Crippen MR) is 74.6 cm³/mol. The molecule has 0 saturated heterocycles. The molecule has 0 bridgehead atoms. The minimum Gasteiger partial charge on any atom is -0.329 e. The van der Waals surface area contributed by atoms with Gasteiger partial charge < -0.3 is 11.1 Å². The first-order valence-corrected chi connectivity index (χ1v) is 6.49. The summed E-state index contributed by atoms with van der Waals surface area (Å²) in [5.74, 6) is 0. The van der Waals surface area contributed by atoms with Crippen molar-refractivity contribution in [3.05, 3.63) is 70.8 Å². The van der Waals surface area contributed by atoms with Crippen molar-refractivity contribution in [2.75, 3.05) is 13.1 Å². The van der Waals surface area contributed by atoms with Crippen molar-refractivity contribution in [2.45, 2.75) is 12.5 Å². The maximum atomic E-state index is 5.62. The molecule has 3 rings (SSSR count). The van der Waals surface area contributed by atoms with Gasteiger partial charge >= 0.3 is 0 Å². The van der Waals surface area contributed by atoms with Crippen LogP contribution in [0.5, 0.6) is 0 Å². The van der Waals surface area contributed by atoms with Crippen LogP contribution in [0.15, 0.2) is 48.5 Å². The summed E-state index contributed by atoms with van der Waals surface area (Å²) in [6, 6.07) is 17.6. The molecule has 0 fully saturated rings. The number of rotatable bonds is 3. The van der Waals surface area contributed by atoms with Crippen LogP contribution >= 0.6 is 0 Å². The van der Waals surface area contributed by atoms with Gasteiger partial charge in [-0.3, -0.25) is 0 Å². The molecule has 0 amide bonds. The number of nitrogens with two attached hydrogens (primary N) is 1. The Kier molecular flexibility index (Phi) is 3.13. The van der Waals surface area contributed by atoms with Crippen molar-refractivity contribution < 1.29 is 0 Å². The predicted octanol–water partition coefficient (Wildman–Crippen LogP) is 2.23. The molecule has 2 aromatic rings. The van der Waals surface area contributed by atoms with Crippen LogP contribution in [-0.4, -0.2) is 13.1 Å². The Morgan fingerprint density at radius 3 is 2.06 bits per heavy atom. The van der Waals surface area contributed by atoms with Crippen molar-refractivity contribution >= 4 is 0 Å². The fourth-order valence-electron chi connectivity index (χ4n) is 2.77. The first-order valence-electron chi connectivity index (χ1n) is 6.49. The molecule has 0 heterocycles. The van der Waals surface area contributed by atoms with Crippen LogP contribution in [0.25, 0.3) is 0 Å². The van der Waals surface area contributed by atoms with Crippen LogP contribution in [0.2, 0.25) is 0 Å². The molecular weight excluding hydrogens is 220 g/mol. The summed E-state index contributed by atoms with van der Waals surface area (Å²) in [6.45, 7) is 1.51. The van der Waals surface area contributed by atoms with Crippen molar-refractivity contribution in [3.63, 3.8) is 0 Å². The summed E-state index contributed by atoms with van der Waals surface area (Å²) in [4.78, 5) is 0. The first-order chi connectivity index (χ1) is 8.90. The van der Waals surface area contributed by atoms with Crippen LogP contribution in [0.3, 0.4) is 0 Å². The molecule has 2 nitrogen and oxygen atoms in total. The quantitative estimate of drug-likeness (QED) is 0.860. The van der Waals surface area contributed by atoms with E-state index in [1.165, 1.54) is 22.3 Å². The van der Waals surface area contributed by atoms with Gasteiger partial charge in [0.1, 0.15) is 0 Å². The lowest BCUT2D eigenvalue weighted by Crippen LogP contribution is -2.31. The maximum absolute atomic E-state index is 5.62. The van der Waals surface area contributed by atoms with Crippen LogP contribution in [0.4, 0.5) is 0 Å². The van der Waals surface area contributed by atoms with Crippen molar-refractivity contribution in [2.24, 2.45) is 5.73 Å². The zero-order chi connectivity index (χ0) is 12.4. The number of benzene rings is 2. The van der Waals surface area contributed by atoms with Crippen molar-refractivity contribution in [1.29, 1.82) is 0 Å². The topological polar surface area (TPSA) is 38.0 Å². The standard InChI is InChI=1S/C16H18N2/c17-9-10-18-16-14-7-3-1-5-12(14)11-13-6-2-4-8-15(13)16/h1-8,16,18H,9-11,17H2. The van der Waals surface area contributed by atoms with Gasteiger partial charge in [0, 0.05) is 13.1 Å². The summed E-state index contributed by atoms with van der Waals surface area (Å²) in [5, 5.41) is 3.56. The number of hydrogen-bond acceptors (Lipinski definition) is 2. The van der Waals surface area contributed by atoms with E-state index in [1.54, 1.807) is 0 Å². The number of hydrogen-bond donors (Lipinski definition) is 2. The fourth-order valence-corrected chi connectivity index (χ4v) is 2.77. The maximum Gasteiger partial charge on any atom is 0.0582 e. The van der Waals surface area contributed by atoms with Gasteiger partial charge in [0.05, 0.1) is 6.04 Å². The SMILES string of the molecule is NCCNC1c2ccccc2Cc2ccccc21. The number of nitrogens with one attached hydrogen (secondary N) is 1. The highest BCUT2D eigenvalue weighted by Crippen LogP contribution is 2.34. The molecule has 0 spiro atoms. The largest absolute Gasteiger partial charge is 0.329 e. The van der Waals surface area contributed by atoms with Crippen LogP contribution in [-0.2, 0) is 6.42 Å². The van der Waals surface area contributed by atoms with E-state index in [9.17, 15) is 0 Å². The molecule has 0 atom stereocenters. The second-order valence-corrected chi connectivity index (χ2v) is 4.75. The van der Waals surface area contributed by atoms with Crippen molar-refractivity contribution in [1.82, 2.24) is 5.32 Å². The van der Waals surface area contributed by atoms with Crippen LogP contribution in [0.1, 0.15) is 28.3 Å². The molecule has 0 aliphatic heterocycles. The third kappa shape index (κ3) is 1.94. The van der Waals surface area contributed by atoms with Gasteiger partial charge in [0.25, 0.3) is 0 Å². The van der Waals surface area contributed by atoms with Crippen molar-refractivity contribution in [3.8, 4) is 0 Å². The average Bonchev–Trinajstić information content (AvgIpc) is 2.43. The second-order valence-electron chi connectivity index (χ2n) is 4.75. The molecule has 0 radical (unpaired) electrons. The van der Waals surface area contributed by atoms with E-state index in [1.807, 2.05) is 0 Å². The Hall–Kier alpha value is -1.64. The van der Waals surface area contributed by atoms with Gasteiger partial charge in [-0.05, 0) is 28.7 Å². The molecule has 0 aromatic heterocycles. The Balaban J connectivity index is 2.05. The molecular formula is C16H18N2. The molecule has 0 saturated carbocycles. The minimum absolute atomic E-state index is 0.287. The zero-order valence-corrected chi connectivity index (χ0v) is 10.4. The van der Waals surface area contributed by atoms with Gasteiger partial charge in [-0.15, -0.1) is 0 Å². The van der Waals surface area contributed by atoms with Crippen LogP contribution < -0.4 is 11.1 Å². The third-order valence-corrected chi connectivity index (χ3v) is 3.61. The first kappa shape index (κ1) is 11.5. The van der Waals surface area contributed by atoms with E-state index in [0.29, 0.717) is 6.54 Å². The highest BCUT2D eigenvalue weighted by molar-refractivity contribution is 5.48. The highest BCUT2D eigenvalue weighted by Gasteiger charge is 2.23. The highest BCUT2D eigenvalue weighted by atomic mass is 14.9. The molecule has 1 aliphatic rings. The zero-order valence-electron chi connectivity index (χ0n) is 10.4. The monoisotopic (exact) mass is 238 g/mol. The van der Waals surface area contributed by atoms with Gasteiger partial charge in [0.15, 0.2) is 0 Å². The van der Waals surface area contributed by atoms with Gasteiger partial charge in [-0.1, -0.05) is 48.5 Å². The molecule has 18 heavy (non-hydrogen) atoms. The fraction of sp³-hybridized carbons (Fsp3) is 0.250. The molecule has 1 aliphatic carbocycles. The summed E-state index contributed by atoms with van der Waals surface area (Å²) in [7, 11) is 0. The summed E-state index contributed by atoms with van der Waals surface area (Å²) >= 11 is 0. The minimum atomic E-state index is 0.287. The van der Waals surface area contributed by atoms with Gasteiger partial charge in [-0.2, -0.15) is 0 Å². The van der Waals surface area contributed by atoms with Crippen LogP contribution in [0, 0.1) is 0 Å². The number of fused-ring (bicyclic) bond motifs is 2. The lowest BCUT2D eigenvalue weighted by Gasteiger charge is -2.29. The van der Waals surface area contributed by atoms with E-state index < -0.39 is 0 Å². The molecule has 2 heteroatoms. The van der Waals surface area contributed by atoms with E-state index in [0.717, 1.165) is 13.0 Å². The van der Waals surface area contributed by atoms with Gasteiger partial charge in [-0.25, -0.2) is 0 Å². The smallest absolute Gasteiger partial charge is 0.0582 e. The van der Waals surface area contributed by atoms with Gasteiger partial charge in [0.2, 0.25) is 0 Å². The Bertz CT molecular complexity index is 503. The molecule has 2 aromatic carbocycles. The average molecular weight is 238 g/mol. The molecule has 92 valence electrons. The Morgan fingerprint density at radius 1 is 0.944 bits per heavy atom. The lowest BCUT2D eigenvalue weighted by atomic mass is 9.82. The lowest BCUT2D eigenvalue weighted by molar-refractivity contribution is 0.595. The van der Waals surface area contributed by atoms with E-state index in [4.69, 9.17) is 5.73 Å². The molecule has 0 unspecified atom stereocenters. The summed E-state index contributed by atoms with van der Waals surface area (Å²) in [6.07, 6.45) is 1.03. The van der Waals surface area contributed by atoms with E-state index >= 15 is 0 Å². The second kappa shape index (κ2) is 4.92. The normalized spacial score (nSPS) is 14.1. The van der Waals surface area contributed by atoms with E-state index in [-0.39, 0.29) is 6.04 Å². The Labute approximate surface area is 108 Å². The summed E-state index contributed by atoms with van der Waals surface area (Å²) < 4.78 is 0. The summed E-state index contributed by atoms with van der Waals surface area (Å²) in [5.41, 5.74) is 11.3.